The van der Waals surface area contributed by atoms with E-state index in [0.29, 0.717) is 33.3 Å². The third-order valence-electron chi connectivity index (χ3n) is 5.07. The molecule has 0 spiro atoms. The van der Waals surface area contributed by atoms with E-state index in [9.17, 15) is 14.7 Å². The van der Waals surface area contributed by atoms with Crippen molar-refractivity contribution in [1.29, 1.82) is 5.26 Å². The van der Waals surface area contributed by atoms with Gasteiger partial charge in [0.15, 0.2) is 0 Å². The summed E-state index contributed by atoms with van der Waals surface area (Å²) in [5, 5.41) is 27.7. The van der Waals surface area contributed by atoms with Crippen molar-refractivity contribution in [1.82, 2.24) is 5.16 Å². The number of aliphatic hydroxyl groups is 1. The van der Waals surface area contributed by atoms with Crippen LogP contribution in [0.2, 0.25) is 0 Å². The smallest absolute Gasteiger partial charge is 0.366 e. The maximum atomic E-state index is 13.3. The van der Waals surface area contributed by atoms with Gasteiger partial charge in [-0.2, -0.15) is 5.26 Å². The largest absolute Gasteiger partial charge is 0.366 e. The fraction of sp³-hybridized carbons (Fsp3) is 0.0769. The number of rotatable bonds is 3. The molecule has 0 aliphatic rings. The summed E-state index contributed by atoms with van der Waals surface area (Å²) in [6.07, 6.45) is 0. The molecule has 1 unspecified atom stereocenters. The van der Waals surface area contributed by atoms with Crippen LogP contribution in [-0.2, 0) is 10.4 Å². The van der Waals surface area contributed by atoms with Gasteiger partial charge in [0.2, 0.25) is 5.60 Å². The van der Waals surface area contributed by atoms with Crippen molar-refractivity contribution in [3.8, 4) is 17.9 Å². The molecule has 2 N–H and O–H groups in total. The summed E-state index contributed by atoms with van der Waals surface area (Å²) in [4.78, 5) is 25.2. The fourth-order valence-corrected chi connectivity index (χ4v) is 3.26. The number of nitriles is 1. The summed E-state index contributed by atoms with van der Waals surface area (Å²) in [6, 6.07) is 21.5. The number of aryl methyl sites for hydroxylation is 1. The highest BCUT2D eigenvalue weighted by Gasteiger charge is 2.36. The molecule has 33 heavy (non-hydrogen) atoms. The lowest BCUT2D eigenvalue weighted by Gasteiger charge is -2.22. The normalized spacial score (nSPS) is 12.2. The Balaban J connectivity index is 1.75. The molecule has 4 aromatic rings. The predicted octanol–water partition coefficient (Wildman–Crippen LogP) is 3.25. The van der Waals surface area contributed by atoms with Gasteiger partial charge in [-0.3, -0.25) is 4.79 Å². The van der Waals surface area contributed by atoms with Crippen LogP contribution in [0.3, 0.4) is 0 Å². The Morgan fingerprint density at radius 1 is 1.03 bits per heavy atom. The molecule has 0 radical (unpaired) electrons. The van der Waals surface area contributed by atoms with E-state index in [0.717, 1.165) is 0 Å². The zero-order chi connectivity index (χ0) is 23.4. The van der Waals surface area contributed by atoms with E-state index < -0.39 is 17.1 Å². The minimum atomic E-state index is -2.21. The van der Waals surface area contributed by atoms with Crippen LogP contribution < -0.4 is 10.9 Å². The second-order valence-electron chi connectivity index (χ2n) is 7.29. The number of benzene rings is 3. The van der Waals surface area contributed by atoms with Crippen LogP contribution in [0.4, 0.5) is 5.69 Å². The van der Waals surface area contributed by atoms with Gasteiger partial charge in [-0.25, -0.2) is 4.79 Å². The third-order valence-corrected chi connectivity index (χ3v) is 5.07. The minimum absolute atomic E-state index is 0.210. The number of hydrogen-bond donors (Lipinski definition) is 2. The van der Waals surface area contributed by atoms with Gasteiger partial charge in [-0.1, -0.05) is 41.4 Å². The molecule has 0 aliphatic carbocycles. The van der Waals surface area contributed by atoms with Crippen LogP contribution >= 0.6 is 0 Å². The molecule has 0 fully saturated rings. The summed E-state index contributed by atoms with van der Waals surface area (Å²) in [5.74, 6) is 4.72. The van der Waals surface area contributed by atoms with Gasteiger partial charge in [-0.05, 0) is 55.3 Å². The van der Waals surface area contributed by atoms with Gasteiger partial charge >= 0.3 is 5.63 Å². The molecular weight excluding hydrogens is 418 g/mol. The molecule has 3 aromatic carbocycles. The van der Waals surface area contributed by atoms with Crippen LogP contribution in [-0.4, -0.2) is 16.2 Å². The lowest BCUT2D eigenvalue weighted by atomic mass is 9.92. The number of carbonyl (C=O) groups is 1. The monoisotopic (exact) mass is 435 g/mol. The molecule has 7 heteroatoms. The van der Waals surface area contributed by atoms with Gasteiger partial charge < -0.3 is 14.9 Å². The van der Waals surface area contributed by atoms with Gasteiger partial charge in [0.25, 0.3) is 5.91 Å². The molecule has 7 nitrogen and oxygen atoms in total. The zero-order valence-electron chi connectivity index (χ0n) is 17.5. The SMILES string of the molecule is Cc1noc(=O)c2ccc(NC(=O)C(O)(C#Cc3ccccc3)c3ccc(C#N)cc3)cc12. The highest BCUT2D eigenvalue weighted by Crippen LogP contribution is 2.25. The van der Waals surface area contributed by atoms with E-state index >= 15 is 0 Å². The van der Waals surface area contributed by atoms with Crippen LogP contribution in [0.1, 0.15) is 22.4 Å². The Bertz CT molecular complexity index is 1510. The second-order valence-corrected chi connectivity index (χ2v) is 7.29. The molecule has 0 saturated carbocycles. The molecule has 4 rings (SSSR count). The van der Waals surface area contributed by atoms with Gasteiger partial charge in [0.1, 0.15) is 0 Å². The van der Waals surface area contributed by atoms with E-state index in [-0.39, 0.29) is 5.56 Å². The van der Waals surface area contributed by atoms with Crippen LogP contribution in [0.15, 0.2) is 82.1 Å². The summed E-state index contributed by atoms with van der Waals surface area (Å²) in [7, 11) is 0. The molecule has 160 valence electrons. The maximum absolute atomic E-state index is 13.3. The second kappa shape index (κ2) is 8.80. The molecule has 1 aromatic heterocycles. The molecule has 1 atom stereocenters. The lowest BCUT2D eigenvalue weighted by Crippen LogP contribution is -2.39. The summed E-state index contributed by atoms with van der Waals surface area (Å²) >= 11 is 0. The van der Waals surface area contributed by atoms with E-state index in [2.05, 4.69) is 22.3 Å². The van der Waals surface area contributed by atoms with E-state index in [1.54, 1.807) is 37.3 Å². The predicted molar refractivity (Wildman–Crippen MR) is 122 cm³/mol. The van der Waals surface area contributed by atoms with Gasteiger partial charge in [0.05, 0.1) is 22.7 Å². The van der Waals surface area contributed by atoms with Crippen molar-refractivity contribution in [2.45, 2.75) is 12.5 Å². The number of nitrogens with one attached hydrogen (secondary N) is 1. The molecule has 0 bridgehead atoms. The average Bonchev–Trinajstić information content (AvgIpc) is 2.85. The van der Waals surface area contributed by atoms with Crippen molar-refractivity contribution < 1.29 is 14.4 Å². The average molecular weight is 435 g/mol. The van der Waals surface area contributed by atoms with Crippen LogP contribution in [0.25, 0.3) is 10.8 Å². The highest BCUT2D eigenvalue weighted by atomic mass is 16.5. The molecule has 0 aliphatic heterocycles. The number of aromatic nitrogens is 1. The van der Waals surface area contributed by atoms with Gasteiger partial charge in [-0.15, -0.1) is 0 Å². The standard InChI is InChI=1S/C26H17N3O4/c1-17-23-15-21(11-12-22(23)24(30)33-29-17)28-25(31)26(32,14-13-18-5-3-2-4-6-18)20-9-7-19(16-27)8-10-20/h2-12,15,32H,1H3,(H,28,31). The highest BCUT2D eigenvalue weighted by molar-refractivity contribution is 6.01. The van der Waals surface area contributed by atoms with E-state index in [4.69, 9.17) is 9.78 Å². The first-order valence-electron chi connectivity index (χ1n) is 9.94. The number of fused-ring (bicyclic) bond motifs is 1. The minimum Gasteiger partial charge on any atom is -0.366 e. The van der Waals surface area contributed by atoms with Crippen molar-refractivity contribution in [2.75, 3.05) is 5.32 Å². The number of carbonyl (C=O) groups excluding carboxylic acids is 1. The summed E-state index contributed by atoms with van der Waals surface area (Å²) < 4.78 is 4.72. The Labute approximate surface area is 188 Å². The van der Waals surface area contributed by atoms with Crippen molar-refractivity contribution in [2.24, 2.45) is 0 Å². The summed E-state index contributed by atoms with van der Waals surface area (Å²) in [6.45, 7) is 1.68. The Hall–Kier alpha value is -4.72. The molecular formula is C26H17N3O4. The lowest BCUT2D eigenvalue weighted by molar-refractivity contribution is -0.129. The number of nitrogens with zero attached hydrogens (tertiary/aromatic N) is 2. The van der Waals surface area contributed by atoms with Crippen LogP contribution in [0.5, 0.6) is 0 Å². The molecule has 0 saturated heterocycles. The first-order valence-corrected chi connectivity index (χ1v) is 9.94. The van der Waals surface area contributed by atoms with Crippen molar-refractivity contribution >= 4 is 22.4 Å². The Morgan fingerprint density at radius 3 is 2.45 bits per heavy atom. The van der Waals surface area contributed by atoms with E-state index in [1.807, 2.05) is 12.1 Å². The molecule has 1 heterocycles. The third kappa shape index (κ3) is 4.35. The Morgan fingerprint density at radius 2 is 1.76 bits per heavy atom. The zero-order valence-corrected chi connectivity index (χ0v) is 17.5. The fourth-order valence-electron chi connectivity index (χ4n) is 3.26. The van der Waals surface area contributed by atoms with E-state index in [1.165, 1.54) is 36.4 Å². The Kier molecular flexibility index (Phi) is 5.73. The summed E-state index contributed by atoms with van der Waals surface area (Å²) in [5.41, 5.74) is -0.756. The maximum Gasteiger partial charge on any atom is 0.366 e. The number of hydrogen-bond acceptors (Lipinski definition) is 6. The first kappa shape index (κ1) is 21.5. The number of anilines is 1. The number of amides is 1. The quantitative estimate of drug-likeness (QED) is 0.477. The van der Waals surface area contributed by atoms with Crippen LogP contribution in [0, 0.1) is 30.1 Å². The topological polar surface area (TPSA) is 116 Å². The first-order chi connectivity index (χ1) is 15.9. The molecule has 1 amide bonds. The van der Waals surface area contributed by atoms with Crippen molar-refractivity contribution in [3.63, 3.8) is 0 Å². The van der Waals surface area contributed by atoms with Crippen molar-refractivity contribution in [3.05, 3.63) is 106 Å². The van der Waals surface area contributed by atoms with Gasteiger partial charge in [0, 0.05) is 22.2 Å².